The Labute approximate surface area is 137 Å². The Hall–Kier alpha value is 0.520. The Morgan fingerprint density at radius 3 is 0.905 bits per heavy atom. The van der Waals surface area contributed by atoms with Crippen LogP contribution in [0.4, 0.5) is 0 Å². The van der Waals surface area contributed by atoms with Crippen LogP contribution in [0.15, 0.2) is 0 Å². The van der Waals surface area contributed by atoms with Gasteiger partial charge in [0.1, 0.15) is 0 Å². The van der Waals surface area contributed by atoms with Gasteiger partial charge in [0.25, 0.3) is 0 Å². The summed E-state index contributed by atoms with van der Waals surface area (Å²) in [5.74, 6) is 0. The molecule has 0 spiro atoms. The van der Waals surface area contributed by atoms with E-state index in [2.05, 4.69) is 110 Å². The SMILES string of the molecule is CN(C)[Si]([CH2][Ge]([N](C)C)([N](C)C)[N](C)C)(N(C)C)N(C)C. The van der Waals surface area contributed by atoms with Gasteiger partial charge in [-0.1, -0.05) is 0 Å². The molecule has 0 aromatic heterocycles. The number of nitrogens with zero attached hydrogens (tertiary/aromatic N) is 6. The molecule has 0 aromatic carbocycles. The fourth-order valence-electron chi connectivity index (χ4n) is 3.67. The molecule has 21 heavy (non-hydrogen) atoms. The van der Waals surface area contributed by atoms with Crippen LogP contribution in [0.5, 0.6) is 0 Å². The Bertz CT molecular complexity index is 246. The van der Waals surface area contributed by atoms with Crippen molar-refractivity contribution in [2.45, 2.75) is 4.88 Å². The molecule has 128 valence electrons. The summed E-state index contributed by atoms with van der Waals surface area (Å²) in [6.07, 6.45) is 0. The van der Waals surface area contributed by atoms with Crippen LogP contribution in [0.2, 0.25) is 4.88 Å². The Morgan fingerprint density at radius 2 is 0.762 bits per heavy atom. The average Bonchev–Trinajstić information content (AvgIpc) is 2.26. The quantitative estimate of drug-likeness (QED) is 0.540. The van der Waals surface area contributed by atoms with E-state index in [1.807, 2.05) is 0 Å². The Balaban J connectivity index is 6.06. The molecule has 6 nitrogen and oxygen atoms in total. The molecule has 0 saturated carbocycles. The van der Waals surface area contributed by atoms with E-state index in [0.29, 0.717) is 0 Å². The summed E-state index contributed by atoms with van der Waals surface area (Å²) in [6.45, 7) is 0. The molecule has 0 aliphatic rings. The van der Waals surface area contributed by atoms with E-state index in [1.54, 1.807) is 0 Å². The maximum absolute atomic E-state index is 2.54. The second kappa shape index (κ2) is 7.87. The van der Waals surface area contributed by atoms with Gasteiger partial charge in [-0.15, -0.1) is 0 Å². The summed E-state index contributed by atoms with van der Waals surface area (Å²) in [4.78, 5) is 1.24. The molecule has 0 aliphatic heterocycles. The van der Waals surface area contributed by atoms with Gasteiger partial charge in [0.05, 0.1) is 0 Å². The van der Waals surface area contributed by atoms with Crippen LogP contribution in [0.1, 0.15) is 0 Å². The fourth-order valence-corrected chi connectivity index (χ4v) is 29.6. The minimum absolute atomic E-state index is 1.24. The molecule has 0 aromatic rings. The third kappa shape index (κ3) is 3.89. The van der Waals surface area contributed by atoms with Crippen molar-refractivity contribution in [3.05, 3.63) is 0 Å². The van der Waals surface area contributed by atoms with E-state index in [-0.39, 0.29) is 0 Å². The molecular weight excluding hydrogens is 341 g/mol. The van der Waals surface area contributed by atoms with Gasteiger partial charge in [-0.05, 0) is 0 Å². The molecule has 0 saturated heterocycles. The zero-order chi connectivity index (χ0) is 17.2. The van der Waals surface area contributed by atoms with E-state index in [9.17, 15) is 0 Å². The van der Waals surface area contributed by atoms with Gasteiger partial charge in [-0.25, -0.2) is 0 Å². The van der Waals surface area contributed by atoms with E-state index in [1.165, 1.54) is 4.88 Å². The first-order valence-electron chi connectivity index (χ1n) is 7.42. The summed E-state index contributed by atoms with van der Waals surface area (Å²) < 4.78 is 15.0. The molecule has 0 bridgehead atoms. The molecule has 8 heteroatoms. The van der Waals surface area contributed by atoms with Crippen LogP contribution in [0.25, 0.3) is 0 Å². The zero-order valence-corrected chi connectivity index (χ0v) is 19.5. The van der Waals surface area contributed by atoms with E-state index < -0.39 is 22.5 Å². The Morgan fingerprint density at radius 1 is 0.524 bits per heavy atom. The van der Waals surface area contributed by atoms with Crippen molar-refractivity contribution >= 4 is 22.5 Å². The van der Waals surface area contributed by atoms with Gasteiger partial charge in [-0.2, -0.15) is 0 Å². The third-order valence-electron chi connectivity index (χ3n) is 4.77. The predicted molar refractivity (Wildman–Crippen MR) is 98.4 cm³/mol. The second-order valence-corrected chi connectivity index (χ2v) is 22.8. The van der Waals surface area contributed by atoms with Crippen molar-refractivity contribution in [1.82, 2.24) is 25.3 Å². The first-order chi connectivity index (χ1) is 9.37. The van der Waals surface area contributed by atoms with Gasteiger partial charge in [-0.3, -0.25) is 0 Å². The summed E-state index contributed by atoms with van der Waals surface area (Å²) in [5, 5.41) is 0. The first-order valence-corrected chi connectivity index (χ1v) is 13.8. The topological polar surface area (TPSA) is 19.4 Å². The van der Waals surface area contributed by atoms with Gasteiger partial charge in [0.2, 0.25) is 0 Å². The Kier molecular flexibility index (Phi) is 8.06. The van der Waals surface area contributed by atoms with Crippen molar-refractivity contribution in [2.75, 3.05) is 84.6 Å². The monoisotopic (exact) mass is 380 g/mol. The summed E-state index contributed by atoms with van der Waals surface area (Å²) in [7, 11) is 25.0. The number of rotatable bonds is 8. The summed E-state index contributed by atoms with van der Waals surface area (Å²) in [6, 6.07) is 0. The maximum atomic E-state index is 2.51. The molecule has 0 heterocycles. The van der Waals surface area contributed by atoms with Gasteiger partial charge >= 0.3 is 137 Å². The molecule has 0 fully saturated rings. The minimum atomic E-state index is -2.54. The van der Waals surface area contributed by atoms with E-state index in [4.69, 9.17) is 0 Å². The van der Waals surface area contributed by atoms with Crippen molar-refractivity contribution < 1.29 is 0 Å². The third-order valence-corrected chi connectivity index (χ3v) is 25.0. The molecular formula is C13H38GeN6Si. The van der Waals surface area contributed by atoms with Gasteiger partial charge in [0, 0.05) is 0 Å². The fraction of sp³-hybridized carbons (Fsp3) is 1.00. The van der Waals surface area contributed by atoms with Crippen molar-refractivity contribution in [3.8, 4) is 0 Å². The van der Waals surface area contributed by atoms with Crippen molar-refractivity contribution in [2.24, 2.45) is 0 Å². The normalized spacial score (nSPS) is 14.6. The van der Waals surface area contributed by atoms with Crippen molar-refractivity contribution in [1.29, 1.82) is 0 Å². The van der Waals surface area contributed by atoms with Gasteiger partial charge in [0.15, 0.2) is 0 Å². The van der Waals surface area contributed by atoms with Crippen LogP contribution in [0.3, 0.4) is 0 Å². The molecule has 0 rings (SSSR count). The molecule has 0 atom stereocenters. The van der Waals surface area contributed by atoms with Gasteiger partial charge < -0.3 is 0 Å². The van der Waals surface area contributed by atoms with E-state index >= 15 is 0 Å². The molecule has 0 aliphatic carbocycles. The van der Waals surface area contributed by atoms with Crippen LogP contribution in [-0.2, 0) is 0 Å². The van der Waals surface area contributed by atoms with Crippen molar-refractivity contribution in [3.63, 3.8) is 0 Å². The summed E-state index contributed by atoms with van der Waals surface area (Å²) in [5.41, 5.74) is 0. The number of hydrogen-bond donors (Lipinski definition) is 0. The summed E-state index contributed by atoms with van der Waals surface area (Å²) >= 11 is -2.54. The number of hydrogen-bond acceptors (Lipinski definition) is 6. The second-order valence-electron chi connectivity index (χ2n) is 7.09. The standard InChI is InChI=1S/C13H38GeN6Si/c1-15(2)14(16(3)4,17(5)6)13-21(18(7)8,19(9)10)20(11)12/h13H2,1-12H3. The zero-order valence-electron chi connectivity index (χ0n) is 16.4. The first kappa shape index (κ1) is 21.5. The molecule has 0 unspecified atom stereocenters. The van der Waals surface area contributed by atoms with Crippen LogP contribution >= 0.6 is 0 Å². The molecule has 0 N–H and O–H groups in total. The van der Waals surface area contributed by atoms with Crippen LogP contribution in [0, 0.1) is 0 Å². The molecule has 0 radical (unpaired) electrons. The van der Waals surface area contributed by atoms with Crippen LogP contribution < -0.4 is 0 Å². The van der Waals surface area contributed by atoms with Crippen LogP contribution in [-0.4, -0.2) is 132 Å². The predicted octanol–water partition coefficient (Wildman–Crippen LogP) is -0.227. The van der Waals surface area contributed by atoms with E-state index in [0.717, 1.165) is 0 Å². The molecule has 0 amide bonds. The average molecular weight is 379 g/mol.